The number of nitrogens with zero attached hydrogens (tertiary/aromatic N) is 1. The summed E-state index contributed by atoms with van der Waals surface area (Å²) < 4.78 is 0. The molecule has 2 unspecified atom stereocenters. The van der Waals surface area contributed by atoms with Gasteiger partial charge < -0.3 is 16.0 Å². The average molecular weight is 289 g/mol. The van der Waals surface area contributed by atoms with Crippen LogP contribution < -0.4 is 11.1 Å². The zero-order valence-corrected chi connectivity index (χ0v) is 12.6. The van der Waals surface area contributed by atoms with Gasteiger partial charge in [-0.2, -0.15) is 0 Å². The van der Waals surface area contributed by atoms with Crippen molar-refractivity contribution in [3.8, 4) is 0 Å². The number of rotatable bonds is 4. The van der Waals surface area contributed by atoms with Crippen LogP contribution in [0.4, 0.5) is 0 Å². The highest BCUT2D eigenvalue weighted by Gasteiger charge is 2.38. The van der Waals surface area contributed by atoms with Crippen LogP contribution in [0.1, 0.15) is 31.4 Å². The van der Waals surface area contributed by atoms with Crippen molar-refractivity contribution in [2.75, 3.05) is 13.6 Å². The van der Waals surface area contributed by atoms with E-state index in [4.69, 9.17) is 5.73 Å². The number of likely N-dealkylation sites (tertiary alicyclic amines) is 1. The van der Waals surface area contributed by atoms with Gasteiger partial charge in [-0.1, -0.05) is 30.3 Å². The van der Waals surface area contributed by atoms with Gasteiger partial charge in [-0.25, -0.2) is 0 Å². The summed E-state index contributed by atoms with van der Waals surface area (Å²) in [5, 5.41) is 2.93. The molecule has 3 atom stereocenters. The third-order valence-corrected chi connectivity index (χ3v) is 4.08. The van der Waals surface area contributed by atoms with E-state index in [9.17, 15) is 9.59 Å². The summed E-state index contributed by atoms with van der Waals surface area (Å²) in [5.41, 5.74) is 6.56. The summed E-state index contributed by atoms with van der Waals surface area (Å²) in [6.07, 6.45) is 0.987. The van der Waals surface area contributed by atoms with E-state index in [1.807, 2.05) is 37.3 Å². The van der Waals surface area contributed by atoms with Gasteiger partial charge in [0.25, 0.3) is 0 Å². The zero-order valence-electron chi connectivity index (χ0n) is 12.6. The third kappa shape index (κ3) is 3.42. The predicted molar refractivity (Wildman–Crippen MR) is 81.3 cm³/mol. The average Bonchev–Trinajstić information content (AvgIpc) is 2.50. The van der Waals surface area contributed by atoms with Gasteiger partial charge in [-0.05, 0) is 18.9 Å². The number of amides is 2. The molecule has 0 radical (unpaired) electrons. The molecular weight excluding hydrogens is 266 g/mol. The Morgan fingerprint density at radius 2 is 2.10 bits per heavy atom. The Hall–Kier alpha value is -1.88. The molecule has 1 aromatic rings. The fourth-order valence-corrected chi connectivity index (χ4v) is 2.83. The van der Waals surface area contributed by atoms with Crippen LogP contribution in [0, 0.1) is 5.92 Å². The molecule has 0 spiro atoms. The minimum absolute atomic E-state index is 0.0267. The molecule has 5 nitrogen and oxygen atoms in total. The van der Waals surface area contributed by atoms with Crippen molar-refractivity contribution in [3.05, 3.63) is 35.9 Å². The highest BCUT2D eigenvalue weighted by atomic mass is 16.2. The lowest BCUT2D eigenvalue weighted by Crippen LogP contribution is -2.49. The molecule has 0 bridgehead atoms. The summed E-state index contributed by atoms with van der Waals surface area (Å²) in [5.74, 6) is -0.176. The van der Waals surface area contributed by atoms with Crippen molar-refractivity contribution in [1.82, 2.24) is 10.2 Å². The van der Waals surface area contributed by atoms with Crippen LogP contribution in [0.2, 0.25) is 0 Å². The molecule has 1 aliphatic rings. The van der Waals surface area contributed by atoms with Crippen molar-refractivity contribution >= 4 is 11.8 Å². The smallest absolute Gasteiger partial charge is 0.225 e. The number of piperidine rings is 1. The van der Waals surface area contributed by atoms with E-state index < -0.39 is 0 Å². The molecular formula is C16H23N3O2. The molecule has 2 rings (SSSR count). The van der Waals surface area contributed by atoms with Gasteiger partial charge in [0, 0.05) is 26.1 Å². The molecule has 2 amide bonds. The van der Waals surface area contributed by atoms with Crippen LogP contribution in [0.5, 0.6) is 0 Å². The van der Waals surface area contributed by atoms with Crippen molar-refractivity contribution < 1.29 is 9.59 Å². The van der Waals surface area contributed by atoms with E-state index in [0.29, 0.717) is 19.4 Å². The second-order valence-electron chi connectivity index (χ2n) is 5.65. The van der Waals surface area contributed by atoms with Crippen LogP contribution in [0.3, 0.4) is 0 Å². The molecule has 0 aromatic heterocycles. The summed E-state index contributed by atoms with van der Waals surface area (Å²) in [4.78, 5) is 26.2. The van der Waals surface area contributed by atoms with Gasteiger partial charge in [-0.15, -0.1) is 0 Å². The van der Waals surface area contributed by atoms with Crippen molar-refractivity contribution in [1.29, 1.82) is 0 Å². The second kappa shape index (κ2) is 6.72. The van der Waals surface area contributed by atoms with Crippen LogP contribution in [-0.4, -0.2) is 36.3 Å². The lowest BCUT2D eigenvalue weighted by atomic mass is 9.84. The standard InChI is InChI=1S/C16H23N3O2/c1-11(10-17)18-16(21)13-8-9-14(20)19(2)15(13)12-6-4-3-5-7-12/h3-7,11,13,15H,8-10,17H2,1-2H3,(H,18,21)/t11-,13?,15?/m0/s1. The lowest BCUT2D eigenvalue weighted by Gasteiger charge is -2.39. The van der Waals surface area contributed by atoms with E-state index in [1.54, 1.807) is 11.9 Å². The Bertz CT molecular complexity index is 504. The first-order valence-electron chi connectivity index (χ1n) is 7.35. The van der Waals surface area contributed by atoms with Crippen molar-refractivity contribution in [2.45, 2.75) is 31.8 Å². The summed E-state index contributed by atoms with van der Waals surface area (Å²) >= 11 is 0. The predicted octanol–water partition coefficient (Wildman–Crippen LogP) is 1.06. The fraction of sp³-hybridized carbons (Fsp3) is 0.500. The van der Waals surface area contributed by atoms with E-state index >= 15 is 0 Å². The topological polar surface area (TPSA) is 75.4 Å². The van der Waals surface area contributed by atoms with Gasteiger partial charge in [0.1, 0.15) is 0 Å². The Labute approximate surface area is 125 Å². The SMILES string of the molecule is C[C@@H](CN)NC(=O)C1CCC(=O)N(C)C1c1ccccc1. The van der Waals surface area contributed by atoms with E-state index in [1.165, 1.54) is 0 Å². The number of hydrogen-bond donors (Lipinski definition) is 2. The van der Waals surface area contributed by atoms with E-state index in [-0.39, 0.29) is 29.8 Å². The molecule has 1 saturated heterocycles. The zero-order chi connectivity index (χ0) is 15.4. The number of nitrogens with two attached hydrogens (primary N) is 1. The second-order valence-corrected chi connectivity index (χ2v) is 5.65. The summed E-state index contributed by atoms with van der Waals surface area (Å²) in [7, 11) is 1.77. The number of carbonyl (C=O) groups is 2. The molecule has 3 N–H and O–H groups in total. The highest BCUT2D eigenvalue weighted by Crippen LogP contribution is 2.35. The Morgan fingerprint density at radius 3 is 2.71 bits per heavy atom. The first kappa shape index (κ1) is 15.5. The van der Waals surface area contributed by atoms with Crippen LogP contribution >= 0.6 is 0 Å². The summed E-state index contributed by atoms with van der Waals surface area (Å²) in [6, 6.07) is 9.45. The molecule has 114 valence electrons. The molecule has 1 aliphatic heterocycles. The Kier molecular flexibility index (Phi) is 4.96. The summed E-state index contributed by atoms with van der Waals surface area (Å²) in [6.45, 7) is 2.29. The Morgan fingerprint density at radius 1 is 1.43 bits per heavy atom. The molecule has 0 aliphatic carbocycles. The van der Waals surface area contributed by atoms with Gasteiger partial charge in [0.15, 0.2) is 0 Å². The molecule has 21 heavy (non-hydrogen) atoms. The van der Waals surface area contributed by atoms with Crippen LogP contribution in [0.25, 0.3) is 0 Å². The monoisotopic (exact) mass is 289 g/mol. The molecule has 1 heterocycles. The van der Waals surface area contributed by atoms with Gasteiger partial charge in [-0.3, -0.25) is 9.59 Å². The van der Waals surface area contributed by atoms with Gasteiger partial charge in [0.2, 0.25) is 11.8 Å². The maximum atomic E-state index is 12.5. The molecule has 1 fully saturated rings. The highest BCUT2D eigenvalue weighted by molar-refractivity contribution is 5.85. The van der Waals surface area contributed by atoms with Crippen molar-refractivity contribution in [3.63, 3.8) is 0 Å². The van der Waals surface area contributed by atoms with Crippen molar-refractivity contribution in [2.24, 2.45) is 11.7 Å². The number of nitrogens with one attached hydrogen (secondary N) is 1. The normalized spacial score (nSPS) is 23.8. The first-order chi connectivity index (χ1) is 10.0. The Balaban J connectivity index is 2.25. The lowest BCUT2D eigenvalue weighted by molar-refractivity contribution is -0.141. The maximum absolute atomic E-state index is 12.5. The quantitative estimate of drug-likeness (QED) is 0.870. The molecule has 0 saturated carbocycles. The maximum Gasteiger partial charge on any atom is 0.225 e. The van der Waals surface area contributed by atoms with E-state index in [0.717, 1.165) is 5.56 Å². The van der Waals surface area contributed by atoms with E-state index in [2.05, 4.69) is 5.32 Å². The van der Waals surface area contributed by atoms with Gasteiger partial charge in [0.05, 0.1) is 12.0 Å². The molecule has 5 heteroatoms. The van der Waals surface area contributed by atoms with Gasteiger partial charge >= 0.3 is 0 Å². The molecule has 1 aromatic carbocycles. The van der Waals surface area contributed by atoms with Crippen LogP contribution in [-0.2, 0) is 9.59 Å². The van der Waals surface area contributed by atoms with Crippen LogP contribution in [0.15, 0.2) is 30.3 Å². The number of hydrogen-bond acceptors (Lipinski definition) is 3. The number of benzene rings is 1. The largest absolute Gasteiger partial charge is 0.352 e. The minimum Gasteiger partial charge on any atom is -0.352 e. The third-order valence-electron chi connectivity index (χ3n) is 4.08. The minimum atomic E-state index is -0.232. The first-order valence-corrected chi connectivity index (χ1v) is 7.35. The fourth-order valence-electron chi connectivity index (χ4n) is 2.83. The number of carbonyl (C=O) groups excluding carboxylic acids is 2.